The Bertz CT molecular complexity index is 1540. The quantitative estimate of drug-likeness (QED) is 0.245. The molecule has 1 heterocycles. The van der Waals surface area contributed by atoms with Gasteiger partial charge in [0.1, 0.15) is 5.75 Å². The van der Waals surface area contributed by atoms with Crippen molar-refractivity contribution in [2.45, 2.75) is 79.0 Å². The van der Waals surface area contributed by atoms with Crippen LogP contribution in [0.25, 0.3) is 10.9 Å². The lowest BCUT2D eigenvalue weighted by molar-refractivity contribution is -0.152. The van der Waals surface area contributed by atoms with Crippen molar-refractivity contribution >= 4 is 22.8 Å². The van der Waals surface area contributed by atoms with Crippen molar-refractivity contribution in [2.24, 2.45) is 0 Å². The zero-order valence-electron chi connectivity index (χ0n) is 24.8. The maximum Gasteiger partial charge on any atom is 0.347 e. The Kier molecular flexibility index (Phi) is 7.84. The molecule has 1 atom stereocenters. The van der Waals surface area contributed by atoms with Crippen molar-refractivity contribution in [1.29, 1.82) is 0 Å². The number of aromatic nitrogens is 1. The van der Waals surface area contributed by atoms with Gasteiger partial charge in [-0.2, -0.15) is 0 Å². The molecule has 40 heavy (non-hydrogen) atoms. The van der Waals surface area contributed by atoms with E-state index in [9.17, 15) is 14.7 Å². The van der Waals surface area contributed by atoms with Crippen molar-refractivity contribution in [3.05, 3.63) is 100 Å². The maximum atomic E-state index is 13.2. The number of benzene rings is 3. The number of nitrogens with one attached hydrogen (secondary N) is 1. The van der Waals surface area contributed by atoms with Gasteiger partial charge in [0.2, 0.25) is 0 Å². The molecule has 0 radical (unpaired) electrons. The van der Waals surface area contributed by atoms with Crippen LogP contribution in [0.1, 0.15) is 85.9 Å². The number of carbonyl (C=O) groups excluding carboxylic acids is 1. The normalized spacial score (nSPS) is 12.8. The number of carbonyl (C=O) groups is 2. The SMILES string of the molecule is Cc1c(C)n(Cc2ccc(OC(C)(C)C(=O)O)cc2)c2ccc(C(=O)N[C@@H](C)c3ccc(C(C)(C)C)cc3)cc12. The highest BCUT2D eigenvalue weighted by molar-refractivity contribution is 5.99. The summed E-state index contributed by atoms with van der Waals surface area (Å²) >= 11 is 0. The predicted octanol–water partition coefficient (Wildman–Crippen LogP) is 7.34. The van der Waals surface area contributed by atoms with Gasteiger partial charge in [0.15, 0.2) is 5.60 Å². The van der Waals surface area contributed by atoms with Crippen molar-refractivity contribution in [3.63, 3.8) is 0 Å². The summed E-state index contributed by atoms with van der Waals surface area (Å²) in [7, 11) is 0. The lowest BCUT2D eigenvalue weighted by Gasteiger charge is -2.21. The van der Waals surface area contributed by atoms with Crippen molar-refractivity contribution in [2.75, 3.05) is 0 Å². The highest BCUT2D eigenvalue weighted by Crippen LogP contribution is 2.29. The number of fused-ring (bicyclic) bond motifs is 1. The van der Waals surface area contributed by atoms with Gasteiger partial charge in [-0.05, 0) is 92.6 Å². The van der Waals surface area contributed by atoms with Gasteiger partial charge in [-0.1, -0.05) is 57.2 Å². The number of hydrogen-bond donors (Lipinski definition) is 2. The molecule has 0 bridgehead atoms. The molecule has 1 amide bonds. The van der Waals surface area contributed by atoms with E-state index in [1.54, 1.807) is 12.1 Å². The molecule has 210 valence electrons. The Balaban J connectivity index is 1.51. The van der Waals surface area contributed by atoms with E-state index >= 15 is 0 Å². The number of carboxylic acid groups (broad SMARTS) is 1. The molecule has 6 nitrogen and oxygen atoms in total. The minimum atomic E-state index is -1.30. The van der Waals surface area contributed by atoms with Crippen LogP contribution in [-0.4, -0.2) is 27.2 Å². The molecule has 0 saturated heterocycles. The van der Waals surface area contributed by atoms with Crippen LogP contribution in [-0.2, 0) is 16.8 Å². The van der Waals surface area contributed by atoms with Gasteiger partial charge in [-0.3, -0.25) is 4.79 Å². The van der Waals surface area contributed by atoms with Crippen LogP contribution < -0.4 is 10.1 Å². The molecule has 0 fully saturated rings. The zero-order chi connectivity index (χ0) is 29.4. The first-order valence-electron chi connectivity index (χ1n) is 13.7. The number of nitrogens with zero attached hydrogens (tertiary/aromatic N) is 1. The summed E-state index contributed by atoms with van der Waals surface area (Å²) in [5.41, 5.74) is 6.15. The third kappa shape index (κ3) is 6.06. The molecule has 0 spiro atoms. The number of rotatable bonds is 8. The minimum absolute atomic E-state index is 0.0871. The van der Waals surface area contributed by atoms with E-state index in [0.29, 0.717) is 17.9 Å². The summed E-state index contributed by atoms with van der Waals surface area (Å²) in [6.45, 7) is 16.5. The number of aryl methyl sites for hydroxylation is 1. The first-order valence-corrected chi connectivity index (χ1v) is 13.7. The third-order valence-electron chi connectivity index (χ3n) is 7.68. The van der Waals surface area contributed by atoms with E-state index in [2.05, 4.69) is 68.8 Å². The fourth-order valence-corrected chi connectivity index (χ4v) is 4.81. The predicted molar refractivity (Wildman–Crippen MR) is 160 cm³/mol. The Morgan fingerprint density at radius 3 is 2.12 bits per heavy atom. The molecular formula is C34H40N2O4. The van der Waals surface area contributed by atoms with Crippen LogP contribution in [0.15, 0.2) is 66.7 Å². The Morgan fingerprint density at radius 1 is 0.925 bits per heavy atom. The molecule has 0 aliphatic rings. The lowest BCUT2D eigenvalue weighted by Crippen LogP contribution is -2.37. The monoisotopic (exact) mass is 540 g/mol. The topological polar surface area (TPSA) is 80.6 Å². The lowest BCUT2D eigenvalue weighted by atomic mass is 9.86. The second-order valence-corrected chi connectivity index (χ2v) is 12.2. The highest BCUT2D eigenvalue weighted by Gasteiger charge is 2.29. The molecule has 0 unspecified atom stereocenters. The van der Waals surface area contributed by atoms with Crippen LogP contribution >= 0.6 is 0 Å². The zero-order valence-corrected chi connectivity index (χ0v) is 24.8. The van der Waals surface area contributed by atoms with Gasteiger partial charge >= 0.3 is 5.97 Å². The average molecular weight is 541 g/mol. The third-order valence-corrected chi connectivity index (χ3v) is 7.68. The molecule has 0 aliphatic heterocycles. The van der Waals surface area contributed by atoms with E-state index in [0.717, 1.165) is 33.3 Å². The molecule has 0 saturated carbocycles. The fraction of sp³-hybridized carbons (Fsp3) is 0.353. The first-order chi connectivity index (χ1) is 18.7. The molecule has 6 heteroatoms. The Labute approximate surface area is 237 Å². The standard InChI is InChI=1S/C34H40N2O4/c1-21-23(3)36(20-24-9-16-28(17-10-24)40-34(7,8)32(38)39)30-18-13-26(19-29(21)30)31(37)35-22(2)25-11-14-27(15-12-25)33(4,5)6/h9-19,22H,20H2,1-8H3,(H,35,37)(H,38,39)/t22-/m0/s1. The molecule has 2 N–H and O–H groups in total. The van der Waals surface area contributed by atoms with Gasteiger partial charge < -0.3 is 19.7 Å². The van der Waals surface area contributed by atoms with Gasteiger partial charge in [-0.25, -0.2) is 4.79 Å². The summed E-state index contributed by atoms with van der Waals surface area (Å²) in [5, 5.41) is 13.5. The van der Waals surface area contributed by atoms with Crippen LogP contribution in [0.2, 0.25) is 0 Å². The smallest absolute Gasteiger partial charge is 0.347 e. The van der Waals surface area contributed by atoms with E-state index < -0.39 is 11.6 Å². The van der Waals surface area contributed by atoms with Crippen LogP contribution in [0.5, 0.6) is 5.75 Å². The number of amides is 1. The Hall–Kier alpha value is -4.06. The second kappa shape index (κ2) is 10.8. The van der Waals surface area contributed by atoms with Crippen LogP contribution in [0.4, 0.5) is 0 Å². The van der Waals surface area contributed by atoms with Gasteiger partial charge in [-0.15, -0.1) is 0 Å². The largest absolute Gasteiger partial charge is 0.478 e. The molecular weight excluding hydrogens is 500 g/mol. The maximum absolute atomic E-state index is 13.2. The summed E-state index contributed by atoms with van der Waals surface area (Å²) < 4.78 is 7.87. The number of hydrogen-bond acceptors (Lipinski definition) is 3. The number of ether oxygens (including phenoxy) is 1. The average Bonchev–Trinajstić information content (AvgIpc) is 3.13. The van der Waals surface area contributed by atoms with Crippen molar-refractivity contribution < 1.29 is 19.4 Å². The van der Waals surface area contributed by atoms with E-state index in [1.165, 1.54) is 19.4 Å². The van der Waals surface area contributed by atoms with Crippen LogP contribution in [0, 0.1) is 13.8 Å². The first kappa shape index (κ1) is 28.9. The van der Waals surface area contributed by atoms with Crippen LogP contribution in [0.3, 0.4) is 0 Å². The second-order valence-electron chi connectivity index (χ2n) is 12.2. The number of carboxylic acids is 1. The fourth-order valence-electron chi connectivity index (χ4n) is 4.81. The summed E-state index contributed by atoms with van der Waals surface area (Å²) in [4.78, 5) is 24.6. The molecule has 1 aromatic heterocycles. The highest BCUT2D eigenvalue weighted by atomic mass is 16.5. The van der Waals surface area contributed by atoms with E-state index in [-0.39, 0.29) is 17.4 Å². The van der Waals surface area contributed by atoms with E-state index in [4.69, 9.17) is 4.74 Å². The van der Waals surface area contributed by atoms with Gasteiger partial charge in [0.05, 0.1) is 6.04 Å². The number of aliphatic carboxylic acids is 1. The van der Waals surface area contributed by atoms with Gasteiger partial charge in [0.25, 0.3) is 5.91 Å². The summed E-state index contributed by atoms with van der Waals surface area (Å²) in [5.74, 6) is -0.603. The summed E-state index contributed by atoms with van der Waals surface area (Å²) in [6, 6.07) is 21.7. The van der Waals surface area contributed by atoms with Crippen molar-refractivity contribution in [1.82, 2.24) is 9.88 Å². The van der Waals surface area contributed by atoms with Crippen molar-refractivity contribution in [3.8, 4) is 5.75 Å². The molecule has 4 rings (SSSR count). The minimum Gasteiger partial charge on any atom is -0.478 e. The Morgan fingerprint density at radius 2 is 1.55 bits per heavy atom. The van der Waals surface area contributed by atoms with E-state index in [1.807, 2.05) is 37.3 Å². The molecule has 4 aromatic rings. The summed E-state index contributed by atoms with van der Waals surface area (Å²) in [6.07, 6.45) is 0. The molecule has 0 aliphatic carbocycles. The van der Waals surface area contributed by atoms with Gasteiger partial charge in [0, 0.05) is 28.7 Å². The molecule has 3 aromatic carbocycles.